The van der Waals surface area contributed by atoms with E-state index >= 15 is 0 Å². The zero-order valence-corrected chi connectivity index (χ0v) is 18.4. The van der Waals surface area contributed by atoms with Crippen molar-refractivity contribution in [3.63, 3.8) is 0 Å². The van der Waals surface area contributed by atoms with Crippen LogP contribution in [0.4, 0.5) is 5.69 Å². The van der Waals surface area contributed by atoms with E-state index < -0.39 is 0 Å². The highest BCUT2D eigenvalue weighted by atomic mass is 32.2. The number of aromatic nitrogens is 2. The summed E-state index contributed by atoms with van der Waals surface area (Å²) in [6.45, 7) is 0.549. The summed E-state index contributed by atoms with van der Waals surface area (Å²) in [5.74, 6) is 0.269. The second-order valence-corrected chi connectivity index (χ2v) is 8.86. The first-order valence-electron chi connectivity index (χ1n) is 10.1. The summed E-state index contributed by atoms with van der Waals surface area (Å²) in [5, 5.41) is 1.27. The van der Waals surface area contributed by atoms with Gasteiger partial charge in [-0.05, 0) is 42.7 Å². The van der Waals surface area contributed by atoms with Crippen molar-refractivity contribution in [3.8, 4) is 0 Å². The predicted molar refractivity (Wildman–Crippen MR) is 122 cm³/mol. The lowest BCUT2D eigenvalue weighted by Gasteiger charge is -2.19. The summed E-state index contributed by atoms with van der Waals surface area (Å²) in [6.07, 6.45) is 1.98. The molecule has 1 aliphatic carbocycles. The first kappa shape index (κ1) is 20.5. The molecule has 1 amide bonds. The summed E-state index contributed by atoms with van der Waals surface area (Å²) in [7, 11) is 5.82. The molecule has 3 aromatic rings. The predicted octanol–water partition coefficient (Wildman–Crippen LogP) is 3.55. The molecule has 0 saturated heterocycles. The minimum atomic E-state index is -0.00705. The van der Waals surface area contributed by atoms with Crippen molar-refractivity contribution >= 4 is 34.3 Å². The van der Waals surface area contributed by atoms with E-state index in [9.17, 15) is 9.59 Å². The first-order chi connectivity index (χ1) is 14.4. The van der Waals surface area contributed by atoms with Gasteiger partial charge in [-0.2, -0.15) is 0 Å². The van der Waals surface area contributed by atoms with Crippen molar-refractivity contribution in [2.24, 2.45) is 0 Å². The molecule has 0 bridgehead atoms. The van der Waals surface area contributed by atoms with E-state index in [1.54, 1.807) is 9.47 Å². The molecule has 0 aliphatic heterocycles. The lowest BCUT2D eigenvalue weighted by Crippen LogP contribution is -2.28. The van der Waals surface area contributed by atoms with Crippen LogP contribution < -0.4 is 10.5 Å². The Balaban J connectivity index is 1.46. The van der Waals surface area contributed by atoms with Gasteiger partial charge in [-0.1, -0.05) is 36.0 Å². The number of thioether (sulfide) groups is 1. The van der Waals surface area contributed by atoms with Crippen molar-refractivity contribution in [2.75, 3.05) is 31.8 Å². The molecule has 30 heavy (non-hydrogen) atoms. The third-order valence-electron chi connectivity index (χ3n) is 5.31. The van der Waals surface area contributed by atoms with Gasteiger partial charge in [-0.15, -0.1) is 0 Å². The molecule has 156 valence electrons. The number of carbonyl (C=O) groups excluding carboxylic acids is 1. The molecular weight excluding hydrogens is 396 g/mol. The standard InChI is InChI=1S/C23H26N4O2S/c1-25(2)17-10-8-16(9-11-17)14-26(3)21(28)15-30-23-24-20-7-5-4-6-19(20)22(29)27(23)18-12-13-18/h4-11,18H,12-15H2,1-3H3. The third-order valence-corrected chi connectivity index (χ3v) is 6.25. The lowest BCUT2D eigenvalue weighted by atomic mass is 10.2. The molecule has 1 heterocycles. The van der Waals surface area contributed by atoms with E-state index in [4.69, 9.17) is 0 Å². The topological polar surface area (TPSA) is 58.4 Å². The summed E-state index contributed by atoms with van der Waals surface area (Å²) in [4.78, 5) is 34.1. The second kappa shape index (κ2) is 8.52. The largest absolute Gasteiger partial charge is 0.378 e. The van der Waals surface area contributed by atoms with Crippen molar-refractivity contribution in [2.45, 2.75) is 30.6 Å². The summed E-state index contributed by atoms with van der Waals surface area (Å²) < 4.78 is 1.78. The first-order valence-corrected chi connectivity index (χ1v) is 11.1. The maximum absolute atomic E-state index is 12.9. The number of hydrogen-bond donors (Lipinski definition) is 0. The summed E-state index contributed by atoms with van der Waals surface area (Å²) in [6, 6.07) is 15.8. The average Bonchev–Trinajstić information content (AvgIpc) is 3.57. The van der Waals surface area contributed by atoms with Gasteiger partial charge >= 0.3 is 0 Å². The highest BCUT2D eigenvalue weighted by Gasteiger charge is 2.29. The number of benzene rings is 2. The Kier molecular flexibility index (Phi) is 5.81. The number of rotatable bonds is 7. The highest BCUT2D eigenvalue weighted by molar-refractivity contribution is 7.99. The number of para-hydroxylation sites is 1. The summed E-state index contributed by atoms with van der Waals surface area (Å²) >= 11 is 1.35. The van der Waals surface area contributed by atoms with Crippen LogP contribution in [0.25, 0.3) is 10.9 Å². The number of fused-ring (bicyclic) bond motifs is 1. The molecular formula is C23H26N4O2S. The maximum atomic E-state index is 12.9. The number of amides is 1. The molecule has 4 rings (SSSR count). The quantitative estimate of drug-likeness (QED) is 0.431. The van der Waals surface area contributed by atoms with E-state index in [0.717, 1.165) is 24.1 Å². The van der Waals surface area contributed by atoms with E-state index in [1.807, 2.05) is 62.4 Å². The SMILES string of the molecule is CN(Cc1ccc(N(C)C)cc1)C(=O)CSc1nc2ccccc2c(=O)n1C1CC1. The normalized spacial score (nSPS) is 13.4. The smallest absolute Gasteiger partial charge is 0.262 e. The Labute approximate surface area is 180 Å². The van der Waals surface area contributed by atoms with Gasteiger partial charge in [0, 0.05) is 39.4 Å². The fraction of sp³-hybridized carbons (Fsp3) is 0.348. The molecule has 0 spiro atoms. The van der Waals surface area contributed by atoms with Crippen LogP contribution in [0.5, 0.6) is 0 Å². The minimum absolute atomic E-state index is 0.00705. The van der Waals surface area contributed by atoms with Crippen LogP contribution in [0.3, 0.4) is 0 Å². The van der Waals surface area contributed by atoms with E-state index in [0.29, 0.717) is 22.6 Å². The fourth-order valence-electron chi connectivity index (χ4n) is 3.38. The van der Waals surface area contributed by atoms with Crippen molar-refractivity contribution in [3.05, 3.63) is 64.4 Å². The van der Waals surface area contributed by atoms with E-state index in [-0.39, 0.29) is 23.3 Å². The molecule has 7 heteroatoms. The van der Waals surface area contributed by atoms with Crippen molar-refractivity contribution in [1.82, 2.24) is 14.5 Å². The molecule has 1 fully saturated rings. The Morgan fingerprint density at radius 3 is 2.47 bits per heavy atom. The molecule has 0 N–H and O–H groups in total. The molecule has 2 aromatic carbocycles. The van der Waals surface area contributed by atoms with Crippen LogP contribution in [-0.4, -0.2) is 47.3 Å². The van der Waals surface area contributed by atoms with Gasteiger partial charge in [-0.25, -0.2) is 4.98 Å². The zero-order valence-electron chi connectivity index (χ0n) is 17.5. The van der Waals surface area contributed by atoms with Crippen LogP contribution in [0.2, 0.25) is 0 Å². The van der Waals surface area contributed by atoms with Crippen LogP contribution in [0, 0.1) is 0 Å². The molecule has 0 atom stereocenters. The maximum Gasteiger partial charge on any atom is 0.262 e. The molecule has 0 radical (unpaired) electrons. The molecule has 6 nitrogen and oxygen atoms in total. The molecule has 1 aliphatic rings. The average molecular weight is 423 g/mol. The van der Waals surface area contributed by atoms with Crippen molar-refractivity contribution in [1.29, 1.82) is 0 Å². The minimum Gasteiger partial charge on any atom is -0.378 e. The van der Waals surface area contributed by atoms with Gasteiger partial charge in [0.15, 0.2) is 5.16 Å². The number of carbonyl (C=O) groups is 1. The molecule has 1 aromatic heterocycles. The van der Waals surface area contributed by atoms with Gasteiger partial charge in [0.05, 0.1) is 16.7 Å². The molecule has 1 saturated carbocycles. The highest BCUT2D eigenvalue weighted by Crippen LogP contribution is 2.36. The van der Waals surface area contributed by atoms with Crippen LogP contribution in [0.15, 0.2) is 58.5 Å². The van der Waals surface area contributed by atoms with Gasteiger partial charge in [0.1, 0.15) is 0 Å². The number of nitrogens with zero attached hydrogens (tertiary/aromatic N) is 4. The van der Waals surface area contributed by atoms with Gasteiger partial charge < -0.3 is 9.80 Å². The van der Waals surface area contributed by atoms with Crippen molar-refractivity contribution < 1.29 is 4.79 Å². The Bertz CT molecular complexity index is 1120. The van der Waals surface area contributed by atoms with Crippen LogP contribution in [0.1, 0.15) is 24.4 Å². The van der Waals surface area contributed by atoms with E-state index in [2.05, 4.69) is 17.1 Å². The summed E-state index contributed by atoms with van der Waals surface area (Å²) in [5.41, 5.74) is 2.89. The fourth-order valence-corrected chi connectivity index (χ4v) is 4.39. The van der Waals surface area contributed by atoms with Crippen LogP contribution >= 0.6 is 11.8 Å². The molecule has 0 unspecified atom stereocenters. The Morgan fingerprint density at radius 2 is 1.80 bits per heavy atom. The van der Waals surface area contributed by atoms with Gasteiger partial charge in [0.25, 0.3) is 5.56 Å². The third kappa shape index (κ3) is 4.36. The Hall–Kier alpha value is -2.80. The van der Waals surface area contributed by atoms with E-state index in [1.165, 1.54) is 11.8 Å². The zero-order chi connectivity index (χ0) is 21.3. The van der Waals surface area contributed by atoms with Crippen LogP contribution in [-0.2, 0) is 11.3 Å². The van der Waals surface area contributed by atoms with Gasteiger partial charge in [0.2, 0.25) is 5.91 Å². The Morgan fingerprint density at radius 1 is 1.10 bits per heavy atom. The second-order valence-electron chi connectivity index (χ2n) is 7.92. The van der Waals surface area contributed by atoms with Gasteiger partial charge in [-0.3, -0.25) is 14.2 Å². The number of anilines is 1. The monoisotopic (exact) mass is 422 g/mol. The number of hydrogen-bond acceptors (Lipinski definition) is 5. The lowest BCUT2D eigenvalue weighted by molar-refractivity contribution is -0.127.